The average molecular weight is 425 g/mol. The quantitative estimate of drug-likeness (QED) is 0.434. The Labute approximate surface area is 114 Å². The minimum atomic E-state index is -0.149. The van der Waals surface area contributed by atoms with Crippen molar-refractivity contribution in [3.05, 3.63) is 33.7 Å². The van der Waals surface area contributed by atoms with Crippen molar-refractivity contribution >= 4 is 62.4 Å². The van der Waals surface area contributed by atoms with Crippen molar-refractivity contribution in [3.63, 3.8) is 0 Å². The molecular weight excluding hydrogens is 420 g/mol. The van der Waals surface area contributed by atoms with Crippen LogP contribution in [0, 0.1) is 3.70 Å². The largest absolute Gasteiger partial charge is 0.295 e. The third-order valence-corrected chi connectivity index (χ3v) is 2.95. The van der Waals surface area contributed by atoms with Crippen LogP contribution in [0.5, 0.6) is 0 Å². The van der Waals surface area contributed by atoms with Crippen LogP contribution >= 0.6 is 45.5 Å². The Bertz CT molecular complexity index is 530. The maximum Gasteiger partial charge on any atom is 0.261 e. The zero-order valence-corrected chi connectivity index (χ0v) is 11.7. The highest BCUT2D eigenvalue weighted by atomic mass is 127. The highest BCUT2D eigenvalue weighted by molar-refractivity contribution is 14.1. The molecule has 15 heavy (non-hydrogen) atoms. The summed E-state index contributed by atoms with van der Waals surface area (Å²) in [7, 11) is 0. The van der Waals surface area contributed by atoms with E-state index >= 15 is 0 Å². The summed E-state index contributed by atoms with van der Waals surface area (Å²) in [6.07, 6.45) is 1.53. The van der Waals surface area contributed by atoms with Crippen LogP contribution in [0.3, 0.4) is 0 Å². The van der Waals surface area contributed by atoms with Gasteiger partial charge in [0.25, 0.3) is 5.91 Å². The standard InChI is InChI=1S/C9H5I2N3O/c10-7-2-1-5-3-6(9(15)14-11)4-12-8(5)13-7/h1-4H,(H,14,15). The first-order valence-electron chi connectivity index (χ1n) is 4.04. The third kappa shape index (κ3) is 2.36. The van der Waals surface area contributed by atoms with Crippen LogP contribution in [-0.2, 0) is 0 Å². The Kier molecular flexibility index (Phi) is 3.34. The summed E-state index contributed by atoms with van der Waals surface area (Å²) in [5.41, 5.74) is 1.20. The first-order valence-corrected chi connectivity index (χ1v) is 6.20. The molecule has 0 aliphatic carbocycles. The highest BCUT2D eigenvalue weighted by Gasteiger charge is 2.06. The molecule has 0 aliphatic heterocycles. The second-order valence-electron chi connectivity index (χ2n) is 2.83. The Morgan fingerprint density at radius 1 is 1.40 bits per heavy atom. The van der Waals surface area contributed by atoms with Crippen LogP contribution in [0.2, 0.25) is 0 Å². The summed E-state index contributed by atoms with van der Waals surface area (Å²) < 4.78 is 3.41. The molecule has 0 unspecified atom stereocenters. The van der Waals surface area contributed by atoms with Crippen LogP contribution in [0.15, 0.2) is 24.4 Å². The van der Waals surface area contributed by atoms with E-state index in [2.05, 4.69) is 36.1 Å². The third-order valence-electron chi connectivity index (χ3n) is 1.86. The van der Waals surface area contributed by atoms with Crippen molar-refractivity contribution in [2.45, 2.75) is 0 Å². The number of nitrogens with one attached hydrogen (secondary N) is 1. The molecule has 2 rings (SSSR count). The number of carbonyl (C=O) groups excluding carboxylic acids is 1. The predicted octanol–water partition coefficient (Wildman–Crippen LogP) is 2.31. The maximum absolute atomic E-state index is 11.3. The van der Waals surface area contributed by atoms with Gasteiger partial charge in [-0.1, -0.05) is 0 Å². The lowest BCUT2D eigenvalue weighted by Gasteiger charge is -2.00. The lowest BCUT2D eigenvalue weighted by atomic mass is 10.2. The molecule has 4 nitrogen and oxygen atoms in total. The fraction of sp³-hybridized carbons (Fsp3) is 0. The van der Waals surface area contributed by atoms with E-state index in [-0.39, 0.29) is 5.91 Å². The Hall–Kier alpha value is -0.510. The molecule has 0 radical (unpaired) electrons. The molecule has 2 aromatic heterocycles. The van der Waals surface area contributed by atoms with E-state index in [0.717, 1.165) is 9.09 Å². The lowest BCUT2D eigenvalue weighted by Crippen LogP contribution is -2.11. The molecule has 0 saturated heterocycles. The van der Waals surface area contributed by atoms with Gasteiger partial charge < -0.3 is 0 Å². The smallest absolute Gasteiger partial charge is 0.261 e. The average Bonchev–Trinajstić information content (AvgIpc) is 2.27. The van der Waals surface area contributed by atoms with Crippen LogP contribution in [-0.4, -0.2) is 15.9 Å². The van der Waals surface area contributed by atoms with Crippen molar-refractivity contribution in [2.75, 3.05) is 0 Å². The highest BCUT2D eigenvalue weighted by Crippen LogP contribution is 2.13. The molecule has 76 valence electrons. The fourth-order valence-electron chi connectivity index (χ4n) is 1.17. The number of halogens is 2. The number of carbonyl (C=O) groups is 1. The van der Waals surface area contributed by atoms with Crippen LogP contribution in [0.25, 0.3) is 11.0 Å². The van der Waals surface area contributed by atoms with Crippen LogP contribution < -0.4 is 3.53 Å². The first-order chi connectivity index (χ1) is 7.20. The topological polar surface area (TPSA) is 54.9 Å². The number of rotatable bonds is 1. The molecule has 0 fully saturated rings. The molecule has 0 saturated carbocycles. The summed E-state index contributed by atoms with van der Waals surface area (Å²) in [5.74, 6) is -0.149. The molecule has 0 atom stereocenters. The molecule has 0 aliphatic rings. The van der Waals surface area contributed by atoms with Gasteiger partial charge in [0.2, 0.25) is 0 Å². The molecule has 2 aromatic rings. The van der Waals surface area contributed by atoms with E-state index < -0.39 is 0 Å². The molecule has 0 bridgehead atoms. The van der Waals surface area contributed by atoms with E-state index in [9.17, 15) is 4.79 Å². The summed E-state index contributed by atoms with van der Waals surface area (Å²) in [4.78, 5) is 19.7. The van der Waals surface area contributed by atoms with Crippen LogP contribution in [0.4, 0.5) is 0 Å². The number of aromatic nitrogens is 2. The zero-order chi connectivity index (χ0) is 10.8. The van der Waals surface area contributed by atoms with Gasteiger partial charge in [-0.25, -0.2) is 9.97 Å². The van der Waals surface area contributed by atoms with Gasteiger partial charge in [0, 0.05) is 11.6 Å². The van der Waals surface area contributed by atoms with Gasteiger partial charge in [0.15, 0.2) is 5.65 Å². The van der Waals surface area contributed by atoms with Crippen molar-refractivity contribution in [1.29, 1.82) is 0 Å². The predicted molar refractivity (Wildman–Crippen MR) is 73.7 cm³/mol. The molecule has 0 spiro atoms. The monoisotopic (exact) mass is 425 g/mol. The lowest BCUT2D eigenvalue weighted by molar-refractivity contribution is 0.0989. The van der Waals surface area contributed by atoms with Gasteiger partial charge in [-0.15, -0.1) is 0 Å². The summed E-state index contributed by atoms with van der Waals surface area (Å²) in [6.45, 7) is 0. The first kappa shape index (κ1) is 11.0. The summed E-state index contributed by atoms with van der Waals surface area (Å²) in [5, 5.41) is 0.868. The molecule has 0 aromatic carbocycles. The van der Waals surface area contributed by atoms with E-state index in [0.29, 0.717) is 11.2 Å². The minimum absolute atomic E-state index is 0.149. The van der Waals surface area contributed by atoms with Crippen molar-refractivity contribution in [2.24, 2.45) is 0 Å². The molecule has 2 heterocycles. The number of hydrogen-bond donors (Lipinski definition) is 1. The molecular formula is C9H5I2N3O. The van der Waals surface area contributed by atoms with Gasteiger partial charge in [0.05, 0.1) is 28.4 Å². The number of nitrogens with zero attached hydrogens (tertiary/aromatic N) is 2. The second kappa shape index (κ2) is 4.56. The van der Waals surface area contributed by atoms with Crippen molar-refractivity contribution in [1.82, 2.24) is 13.5 Å². The van der Waals surface area contributed by atoms with Crippen molar-refractivity contribution < 1.29 is 4.79 Å². The Balaban J connectivity index is 2.57. The number of amides is 1. The van der Waals surface area contributed by atoms with Gasteiger partial charge in [0.1, 0.15) is 3.70 Å². The van der Waals surface area contributed by atoms with E-state index in [1.165, 1.54) is 6.20 Å². The van der Waals surface area contributed by atoms with Crippen molar-refractivity contribution in [3.8, 4) is 0 Å². The van der Waals surface area contributed by atoms with E-state index in [4.69, 9.17) is 0 Å². The number of pyridine rings is 2. The van der Waals surface area contributed by atoms with E-state index in [1.807, 2.05) is 12.1 Å². The molecule has 6 heteroatoms. The Morgan fingerprint density at radius 3 is 2.93 bits per heavy atom. The minimum Gasteiger partial charge on any atom is -0.295 e. The molecule has 1 N–H and O–H groups in total. The molecule has 1 amide bonds. The second-order valence-corrected chi connectivity index (χ2v) is 4.47. The van der Waals surface area contributed by atoms with Gasteiger partial charge in [-0.2, -0.15) is 0 Å². The van der Waals surface area contributed by atoms with Gasteiger partial charge in [-0.3, -0.25) is 8.32 Å². The summed E-state index contributed by atoms with van der Waals surface area (Å²) in [6, 6.07) is 5.57. The Morgan fingerprint density at radius 2 is 2.20 bits per heavy atom. The van der Waals surface area contributed by atoms with Gasteiger partial charge in [-0.05, 0) is 40.8 Å². The number of fused-ring (bicyclic) bond motifs is 1. The van der Waals surface area contributed by atoms with Gasteiger partial charge >= 0.3 is 0 Å². The number of hydrogen-bond acceptors (Lipinski definition) is 3. The van der Waals surface area contributed by atoms with Crippen LogP contribution in [0.1, 0.15) is 10.4 Å². The summed E-state index contributed by atoms with van der Waals surface area (Å²) >= 11 is 3.93. The van der Waals surface area contributed by atoms with E-state index in [1.54, 1.807) is 28.9 Å². The fourth-order valence-corrected chi connectivity index (χ4v) is 1.89. The SMILES string of the molecule is O=C(NI)c1cnc2nc(I)ccc2c1. The maximum atomic E-state index is 11.3. The normalized spacial score (nSPS) is 10.3. The zero-order valence-electron chi connectivity index (χ0n) is 7.37.